The Labute approximate surface area is 193 Å². The monoisotopic (exact) mass is 456 g/mol. The topological polar surface area (TPSA) is 143 Å². The number of nitrogens with one attached hydrogen (secondary N) is 3. The molecule has 0 heterocycles. The molecule has 6 N–H and O–H groups in total. The first-order chi connectivity index (χ1) is 15.8. The van der Waals surface area contributed by atoms with E-state index in [-0.39, 0.29) is 24.3 Å². The number of amides is 3. The minimum Gasteiger partial charge on any atom is -0.508 e. The van der Waals surface area contributed by atoms with E-state index in [1.54, 1.807) is 12.1 Å². The second kappa shape index (κ2) is 13.9. The van der Waals surface area contributed by atoms with Gasteiger partial charge in [-0.3, -0.25) is 19.7 Å². The van der Waals surface area contributed by atoms with E-state index in [2.05, 4.69) is 16.0 Å². The molecule has 0 saturated heterocycles. The fourth-order valence-electron chi connectivity index (χ4n) is 3.19. The molecular weight excluding hydrogens is 424 g/mol. The van der Waals surface area contributed by atoms with Crippen molar-refractivity contribution in [1.29, 1.82) is 0 Å². The third-order valence-electron chi connectivity index (χ3n) is 4.89. The van der Waals surface area contributed by atoms with E-state index in [0.29, 0.717) is 32.4 Å². The lowest BCUT2D eigenvalue weighted by Crippen LogP contribution is -2.47. The van der Waals surface area contributed by atoms with Crippen LogP contribution in [-0.2, 0) is 32.0 Å². The maximum atomic E-state index is 12.5. The fourth-order valence-corrected chi connectivity index (χ4v) is 3.19. The molecule has 0 spiro atoms. The third kappa shape index (κ3) is 10.2. The lowest BCUT2D eigenvalue weighted by atomic mass is 10.0. The molecule has 0 aromatic heterocycles. The van der Waals surface area contributed by atoms with Crippen molar-refractivity contribution in [1.82, 2.24) is 16.0 Å². The van der Waals surface area contributed by atoms with Gasteiger partial charge in [-0.25, -0.2) is 0 Å². The van der Waals surface area contributed by atoms with Gasteiger partial charge < -0.3 is 26.2 Å². The van der Waals surface area contributed by atoms with Crippen LogP contribution in [-0.4, -0.2) is 54.8 Å². The van der Waals surface area contributed by atoms with Crippen LogP contribution >= 0.6 is 0 Å². The minimum absolute atomic E-state index is 0.135. The Balaban J connectivity index is 1.68. The van der Waals surface area contributed by atoms with Crippen molar-refractivity contribution in [3.05, 3.63) is 65.7 Å². The van der Waals surface area contributed by atoms with Gasteiger partial charge in [0.2, 0.25) is 17.7 Å². The molecule has 3 amide bonds. The van der Waals surface area contributed by atoms with E-state index in [0.717, 1.165) is 11.1 Å². The molecule has 2 unspecified atom stereocenters. The summed E-state index contributed by atoms with van der Waals surface area (Å²) in [7, 11) is 0. The number of carbonyl (C=O) groups is 3. The molecule has 2 rings (SSSR count). The summed E-state index contributed by atoms with van der Waals surface area (Å²) in [6.07, 6.45) is 1.34. The second-order valence-electron chi connectivity index (χ2n) is 7.67. The molecule has 9 heteroatoms. The number of nitrogens with two attached hydrogens (primary N) is 1. The van der Waals surface area contributed by atoms with Gasteiger partial charge >= 0.3 is 0 Å². The molecule has 0 saturated carbocycles. The number of rotatable bonds is 14. The number of primary amides is 1. The Morgan fingerprint density at radius 1 is 0.970 bits per heavy atom. The van der Waals surface area contributed by atoms with Crippen molar-refractivity contribution in [3.63, 3.8) is 0 Å². The van der Waals surface area contributed by atoms with Crippen molar-refractivity contribution >= 4 is 17.7 Å². The molecular formula is C24H32N4O5. The molecule has 2 atom stereocenters. The molecule has 0 aliphatic carbocycles. The van der Waals surface area contributed by atoms with Gasteiger partial charge in [-0.05, 0) is 36.1 Å². The average molecular weight is 457 g/mol. The van der Waals surface area contributed by atoms with Gasteiger partial charge in [0.25, 0.3) is 0 Å². The van der Waals surface area contributed by atoms with Crippen LogP contribution < -0.4 is 21.7 Å². The molecule has 33 heavy (non-hydrogen) atoms. The van der Waals surface area contributed by atoms with Gasteiger partial charge in [0.1, 0.15) is 11.8 Å². The number of benzene rings is 2. The summed E-state index contributed by atoms with van der Waals surface area (Å²) in [5, 5.41) is 17.8. The maximum Gasteiger partial charge on any atom is 0.242 e. The van der Waals surface area contributed by atoms with Crippen LogP contribution in [0.2, 0.25) is 0 Å². The highest BCUT2D eigenvalue weighted by atomic mass is 16.5. The summed E-state index contributed by atoms with van der Waals surface area (Å²) < 4.78 is 5.50. The lowest BCUT2D eigenvalue weighted by molar-refractivity contribution is -0.128. The number of phenols is 1. The number of hydrogen-bond acceptors (Lipinski definition) is 6. The summed E-state index contributed by atoms with van der Waals surface area (Å²) in [6.45, 7) is 2.25. The lowest BCUT2D eigenvalue weighted by Gasteiger charge is -2.18. The number of aromatic hydroxyl groups is 1. The van der Waals surface area contributed by atoms with Crippen LogP contribution in [0.1, 0.15) is 24.5 Å². The molecule has 0 bridgehead atoms. The molecule has 0 aliphatic heterocycles. The Hall–Kier alpha value is -3.43. The predicted octanol–water partition coefficient (Wildman–Crippen LogP) is 0.606. The standard InChI is InChI=1S/C24H32N4O5/c1-17(29)28-22(15-19-8-10-20(30)11-9-19)24(32)26-12-5-13-33-16-27-21(23(25)31)14-18-6-3-2-4-7-18/h2-4,6-11,21-22,27,30H,5,12-16H2,1H3,(H2,25,31)(H,26,32)(H,28,29). The molecule has 0 radical (unpaired) electrons. The van der Waals surface area contributed by atoms with E-state index in [1.807, 2.05) is 30.3 Å². The zero-order valence-corrected chi connectivity index (χ0v) is 18.8. The van der Waals surface area contributed by atoms with Crippen LogP contribution in [0.25, 0.3) is 0 Å². The molecule has 0 aliphatic rings. The Morgan fingerprint density at radius 3 is 2.24 bits per heavy atom. The zero-order chi connectivity index (χ0) is 24.1. The van der Waals surface area contributed by atoms with Gasteiger partial charge in [-0.2, -0.15) is 0 Å². The van der Waals surface area contributed by atoms with Crippen molar-refractivity contribution in [3.8, 4) is 5.75 Å². The van der Waals surface area contributed by atoms with Crippen LogP contribution in [0.5, 0.6) is 5.75 Å². The van der Waals surface area contributed by atoms with E-state index in [1.165, 1.54) is 19.1 Å². The molecule has 178 valence electrons. The summed E-state index contributed by atoms with van der Waals surface area (Å²) in [5.74, 6) is -0.917. The number of carbonyl (C=O) groups excluding carboxylic acids is 3. The molecule has 0 fully saturated rings. The van der Waals surface area contributed by atoms with Crippen molar-refractivity contribution in [2.45, 2.75) is 38.3 Å². The zero-order valence-electron chi connectivity index (χ0n) is 18.8. The third-order valence-corrected chi connectivity index (χ3v) is 4.89. The van der Waals surface area contributed by atoms with Crippen molar-refractivity contribution in [2.75, 3.05) is 19.9 Å². The molecule has 2 aromatic rings. The van der Waals surface area contributed by atoms with Crippen LogP contribution in [0.15, 0.2) is 54.6 Å². The van der Waals surface area contributed by atoms with Gasteiger partial charge in [0, 0.05) is 19.9 Å². The number of phenolic OH excluding ortho intramolecular Hbond substituents is 1. The first-order valence-corrected chi connectivity index (χ1v) is 10.8. The van der Waals surface area contributed by atoms with E-state index in [4.69, 9.17) is 10.5 Å². The first kappa shape index (κ1) is 25.8. The fraction of sp³-hybridized carbons (Fsp3) is 0.375. The van der Waals surface area contributed by atoms with E-state index < -0.39 is 18.0 Å². The predicted molar refractivity (Wildman–Crippen MR) is 124 cm³/mol. The highest BCUT2D eigenvalue weighted by molar-refractivity contribution is 5.87. The van der Waals surface area contributed by atoms with Crippen LogP contribution in [0.4, 0.5) is 0 Å². The van der Waals surface area contributed by atoms with Gasteiger partial charge in [0.05, 0.1) is 19.4 Å². The average Bonchev–Trinajstić information content (AvgIpc) is 2.78. The summed E-state index contributed by atoms with van der Waals surface area (Å²) in [6, 6.07) is 14.8. The first-order valence-electron chi connectivity index (χ1n) is 10.8. The second-order valence-corrected chi connectivity index (χ2v) is 7.67. The largest absolute Gasteiger partial charge is 0.508 e. The Kier molecular flexibility index (Phi) is 10.9. The molecule has 9 nitrogen and oxygen atoms in total. The summed E-state index contributed by atoms with van der Waals surface area (Å²) in [5.41, 5.74) is 7.27. The quantitative estimate of drug-likeness (QED) is 0.208. The Morgan fingerprint density at radius 2 is 1.61 bits per heavy atom. The normalized spacial score (nSPS) is 12.5. The van der Waals surface area contributed by atoms with Crippen LogP contribution in [0.3, 0.4) is 0 Å². The number of ether oxygens (including phenoxy) is 1. The molecule has 2 aromatic carbocycles. The van der Waals surface area contributed by atoms with Gasteiger partial charge in [0.15, 0.2) is 0 Å². The summed E-state index contributed by atoms with van der Waals surface area (Å²) in [4.78, 5) is 35.6. The van der Waals surface area contributed by atoms with Crippen molar-refractivity contribution in [2.24, 2.45) is 5.73 Å². The van der Waals surface area contributed by atoms with Gasteiger partial charge in [-0.15, -0.1) is 0 Å². The van der Waals surface area contributed by atoms with E-state index >= 15 is 0 Å². The summed E-state index contributed by atoms with van der Waals surface area (Å²) >= 11 is 0. The maximum absolute atomic E-state index is 12.5. The SMILES string of the molecule is CC(=O)NC(Cc1ccc(O)cc1)C(=O)NCCCOCNC(Cc1ccccc1)C(N)=O. The minimum atomic E-state index is -0.719. The number of hydrogen-bond donors (Lipinski definition) is 5. The van der Waals surface area contributed by atoms with Gasteiger partial charge in [-0.1, -0.05) is 42.5 Å². The Bertz CT molecular complexity index is 889. The smallest absolute Gasteiger partial charge is 0.242 e. The van der Waals surface area contributed by atoms with Crippen LogP contribution in [0, 0.1) is 0 Å². The highest BCUT2D eigenvalue weighted by Crippen LogP contribution is 2.11. The van der Waals surface area contributed by atoms with Crippen molar-refractivity contribution < 1.29 is 24.2 Å². The van der Waals surface area contributed by atoms with E-state index in [9.17, 15) is 19.5 Å². The highest BCUT2D eigenvalue weighted by Gasteiger charge is 2.19.